The Morgan fingerprint density at radius 2 is 0.947 bits per heavy atom. The van der Waals surface area contributed by atoms with Crippen LogP contribution in [0.15, 0.2) is 146 Å². The van der Waals surface area contributed by atoms with Gasteiger partial charge < -0.3 is 0 Å². The van der Waals surface area contributed by atoms with Gasteiger partial charge in [0.25, 0.3) is 0 Å². The van der Waals surface area contributed by atoms with Crippen molar-refractivity contribution < 1.29 is 0 Å². The zero-order chi connectivity index (χ0) is 25.1. The topological polar surface area (TPSA) is 0 Å². The molecule has 0 aliphatic heterocycles. The summed E-state index contributed by atoms with van der Waals surface area (Å²) in [6, 6.07) is 53.7. The number of hydrogen-bond acceptors (Lipinski definition) is 1. The predicted molar refractivity (Wildman–Crippen MR) is 162 cm³/mol. The lowest BCUT2D eigenvalue weighted by molar-refractivity contribution is 0.768. The number of benzene rings is 6. The molecule has 178 valence electrons. The third-order valence-corrected chi connectivity index (χ3v) is 9.33. The van der Waals surface area contributed by atoms with Crippen molar-refractivity contribution in [1.29, 1.82) is 0 Å². The smallest absolute Gasteiger partial charge is 0.0713 e. The highest BCUT2D eigenvalue weighted by Gasteiger charge is 2.45. The quantitative estimate of drug-likeness (QED) is 0.226. The predicted octanol–water partition coefficient (Wildman–Crippen LogP) is 10.1. The fourth-order valence-electron chi connectivity index (χ4n) is 6.63. The van der Waals surface area contributed by atoms with Crippen molar-refractivity contribution >= 4 is 31.5 Å². The lowest BCUT2D eigenvalue weighted by Gasteiger charge is -2.34. The molecule has 1 aliphatic carbocycles. The van der Waals surface area contributed by atoms with Crippen molar-refractivity contribution in [3.63, 3.8) is 0 Å². The van der Waals surface area contributed by atoms with Crippen LogP contribution in [0, 0.1) is 0 Å². The summed E-state index contributed by atoms with van der Waals surface area (Å²) in [5.74, 6) is 0. The van der Waals surface area contributed by atoms with Gasteiger partial charge in [0.15, 0.2) is 0 Å². The Kier molecular flexibility index (Phi) is 4.71. The Morgan fingerprint density at radius 3 is 1.68 bits per heavy atom. The monoisotopic (exact) mass is 500 g/mol. The van der Waals surface area contributed by atoms with E-state index in [1.54, 1.807) is 0 Å². The van der Waals surface area contributed by atoms with Gasteiger partial charge >= 0.3 is 0 Å². The summed E-state index contributed by atoms with van der Waals surface area (Å²) < 4.78 is 2.68. The van der Waals surface area contributed by atoms with Crippen LogP contribution in [0.4, 0.5) is 0 Å². The van der Waals surface area contributed by atoms with Crippen molar-refractivity contribution in [1.82, 2.24) is 0 Å². The van der Waals surface area contributed by atoms with Gasteiger partial charge in [-0.1, -0.05) is 133 Å². The molecule has 0 spiro atoms. The second-order valence-electron chi connectivity index (χ2n) is 10.1. The molecule has 0 N–H and O–H groups in total. The van der Waals surface area contributed by atoms with Crippen LogP contribution in [-0.4, -0.2) is 0 Å². The fraction of sp³-hybridized carbons (Fsp3) is 0.0270. The van der Waals surface area contributed by atoms with E-state index in [4.69, 9.17) is 0 Å². The van der Waals surface area contributed by atoms with Gasteiger partial charge in [-0.25, -0.2) is 0 Å². The molecule has 1 heterocycles. The highest BCUT2D eigenvalue weighted by atomic mass is 32.1. The van der Waals surface area contributed by atoms with Crippen LogP contribution >= 0.6 is 11.3 Å². The molecular weight excluding hydrogens is 476 g/mol. The molecule has 1 aromatic heterocycles. The molecule has 1 heteroatoms. The molecule has 6 aromatic carbocycles. The van der Waals surface area contributed by atoms with E-state index in [1.165, 1.54) is 64.7 Å². The zero-order valence-corrected chi connectivity index (χ0v) is 21.6. The second-order valence-corrected chi connectivity index (χ2v) is 11.1. The average molecular weight is 501 g/mol. The Labute approximate surface area is 226 Å². The maximum absolute atomic E-state index is 2.36. The lowest BCUT2D eigenvalue weighted by Crippen LogP contribution is -2.28. The van der Waals surface area contributed by atoms with Crippen molar-refractivity contribution in [3.05, 3.63) is 168 Å². The highest BCUT2D eigenvalue weighted by molar-refractivity contribution is 7.25. The van der Waals surface area contributed by atoms with Gasteiger partial charge in [0.2, 0.25) is 0 Å². The molecule has 0 radical (unpaired) electrons. The molecule has 0 saturated heterocycles. The third kappa shape index (κ3) is 2.91. The number of thiophene rings is 1. The maximum atomic E-state index is 2.36. The van der Waals surface area contributed by atoms with Crippen molar-refractivity contribution in [2.75, 3.05) is 0 Å². The first-order valence-electron chi connectivity index (χ1n) is 13.1. The van der Waals surface area contributed by atoms with E-state index in [1.807, 2.05) is 11.3 Å². The van der Waals surface area contributed by atoms with Crippen LogP contribution in [0.2, 0.25) is 0 Å². The fourth-order valence-corrected chi connectivity index (χ4v) is 7.76. The van der Waals surface area contributed by atoms with E-state index in [9.17, 15) is 0 Å². The Hall–Kier alpha value is -4.46. The van der Waals surface area contributed by atoms with E-state index in [0.29, 0.717) is 0 Å². The molecule has 7 aromatic rings. The summed E-state index contributed by atoms with van der Waals surface area (Å²) in [4.78, 5) is 0. The molecular formula is C37H24S. The van der Waals surface area contributed by atoms with Crippen molar-refractivity contribution in [2.45, 2.75) is 5.41 Å². The minimum absolute atomic E-state index is 0.353. The van der Waals surface area contributed by atoms with Gasteiger partial charge in [-0.15, -0.1) is 11.3 Å². The molecule has 0 bridgehead atoms. The molecule has 0 nitrogen and oxygen atoms in total. The second kappa shape index (κ2) is 8.28. The molecule has 38 heavy (non-hydrogen) atoms. The van der Waals surface area contributed by atoms with E-state index >= 15 is 0 Å². The first-order valence-corrected chi connectivity index (χ1v) is 13.9. The van der Waals surface area contributed by atoms with E-state index < -0.39 is 0 Å². The van der Waals surface area contributed by atoms with E-state index in [0.717, 1.165) is 0 Å². The number of hydrogen-bond donors (Lipinski definition) is 0. The standard InChI is InChI=1S/C37H24S/c1-2-11-26(12-3-1)37(32-17-7-4-13-29(32)30-14-5-8-18-33(30)37)27-23-21-25(22-24-27)28-16-10-20-35-36(28)31-15-6-9-19-34(31)38-35/h1-24H. The molecule has 0 unspecified atom stereocenters. The largest absolute Gasteiger partial charge is 0.135 e. The summed E-state index contributed by atoms with van der Waals surface area (Å²) in [6.45, 7) is 0. The van der Waals surface area contributed by atoms with Crippen LogP contribution in [-0.2, 0) is 5.41 Å². The Morgan fingerprint density at radius 1 is 0.395 bits per heavy atom. The van der Waals surface area contributed by atoms with Gasteiger partial charge in [0, 0.05) is 20.2 Å². The van der Waals surface area contributed by atoms with Gasteiger partial charge in [-0.05, 0) is 56.6 Å². The van der Waals surface area contributed by atoms with Gasteiger partial charge in [-0.2, -0.15) is 0 Å². The molecule has 0 fully saturated rings. The summed E-state index contributed by atoms with van der Waals surface area (Å²) in [7, 11) is 0. The normalized spacial score (nSPS) is 13.5. The minimum atomic E-state index is -0.353. The van der Waals surface area contributed by atoms with Gasteiger partial charge in [0.05, 0.1) is 5.41 Å². The summed E-state index contributed by atoms with van der Waals surface area (Å²) >= 11 is 1.88. The minimum Gasteiger partial charge on any atom is -0.135 e. The van der Waals surface area contributed by atoms with E-state index in [2.05, 4.69) is 146 Å². The summed E-state index contributed by atoms with van der Waals surface area (Å²) in [6.07, 6.45) is 0. The average Bonchev–Trinajstić information content (AvgIpc) is 3.52. The zero-order valence-electron chi connectivity index (χ0n) is 20.8. The van der Waals surface area contributed by atoms with Crippen LogP contribution in [0.1, 0.15) is 22.3 Å². The number of fused-ring (bicyclic) bond motifs is 6. The van der Waals surface area contributed by atoms with Crippen LogP contribution in [0.3, 0.4) is 0 Å². The van der Waals surface area contributed by atoms with Crippen molar-refractivity contribution in [2.24, 2.45) is 0 Å². The Balaban J connectivity index is 1.38. The molecule has 0 amide bonds. The van der Waals surface area contributed by atoms with Gasteiger partial charge in [-0.3, -0.25) is 0 Å². The van der Waals surface area contributed by atoms with Crippen LogP contribution in [0.25, 0.3) is 42.4 Å². The molecule has 0 atom stereocenters. The van der Waals surface area contributed by atoms with Crippen LogP contribution < -0.4 is 0 Å². The third-order valence-electron chi connectivity index (χ3n) is 8.19. The first kappa shape index (κ1) is 21.6. The highest BCUT2D eigenvalue weighted by Crippen LogP contribution is 2.56. The number of rotatable bonds is 3. The SMILES string of the molecule is c1ccc(C2(c3ccc(-c4cccc5sc6ccccc6c45)cc3)c3ccccc3-c3ccccc32)cc1. The first-order chi connectivity index (χ1) is 18.9. The summed E-state index contributed by atoms with van der Waals surface area (Å²) in [5.41, 5.74) is 10.2. The molecule has 8 rings (SSSR count). The molecule has 0 saturated carbocycles. The Bertz CT molecular complexity index is 1910. The molecule has 1 aliphatic rings. The summed E-state index contributed by atoms with van der Waals surface area (Å²) in [5, 5.41) is 2.70. The van der Waals surface area contributed by atoms with Gasteiger partial charge in [0.1, 0.15) is 0 Å². The maximum Gasteiger partial charge on any atom is 0.0713 e. The van der Waals surface area contributed by atoms with E-state index in [-0.39, 0.29) is 5.41 Å². The van der Waals surface area contributed by atoms with Crippen molar-refractivity contribution in [3.8, 4) is 22.3 Å². The lowest BCUT2D eigenvalue weighted by atomic mass is 9.67. The van der Waals surface area contributed by atoms with Crippen LogP contribution in [0.5, 0.6) is 0 Å².